The summed E-state index contributed by atoms with van der Waals surface area (Å²) in [6.07, 6.45) is -5.83. The molecular weight excluding hydrogens is 414 g/mol. The van der Waals surface area contributed by atoms with E-state index < -0.39 is 46.6 Å². The number of nitrogens with zero attached hydrogens (tertiary/aromatic N) is 2. The van der Waals surface area contributed by atoms with Crippen LogP contribution in [0.15, 0.2) is 35.2 Å². The predicted octanol–water partition coefficient (Wildman–Crippen LogP) is -2.46. The van der Waals surface area contributed by atoms with Gasteiger partial charge in [0.25, 0.3) is 10.0 Å². The number of rotatable bonds is 6. The van der Waals surface area contributed by atoms with Gasteiger partial charge in [-0.15, -0.1) is 0 Å². The van der Waals surface area contributed by atoms with E-state index in [0.717, 1.165) is 22.9 Å². The van der Waals surface area contributed by atoms with Crippen molar-refractivity contribution in [2.75, 3.05) is 0 Å². The van der Waals surface area contributed by atoms with Crippen molar-refractivity contribution in [1.82, 2.24) is 14.5 Å². The Balaban J connectivity index is 0.00000392. The molecule has 146 valence electrons. The average molecular weight is 427 g/mol. The molecule has 0 unspecified atom stereocenters. The summed E-state index contributed by atoms with van der Waals surface area (Å²) < 4.78 is 65.0. The third-order valence-electron chi connectivity index (χ3n) is 3.37. The second-order valence-corrected chi connectivity index (χ2v) is 7.16. The molecule has 13 heteroatoms. The molecule has 8 nitrogen and oxygen atoms in total. The normalized spacial score (nSPS) is 11.6. The van der Waals surface area contributed by atoms with Gasteiger partial charge in [-0.2, -0.15) is 18.3 Å². The van der Waals surface area contributed by atoms with Gasteiger partial charge in [-0.25, -0.2) is 17.8 Å². The smallest absolute Gasteiger partial charge is 0.550 e. The van der Waals surface area contributed by atoms with E-state index in [2.05, 4.69) is 5.10 Å². The van der Waals surface area contributed by atoms with Gasteiger partial charge in [-0.3, -0.25) is 4.79 Å². The first-order valence-corrected chi connectivity index (χ1v) is 8.88. The van der Waals surface area contributed by atoms with Crippen molar-refractivity contribution in [3.8, 4) is 5.69 Å². The van der Waals surface area contributed by atoms with Crippen LogP contribution in [0.3, 0.4) is 0 Å². The van der Waals surface area contributed by atoms with Crippen molar-refractivity contribution in [2.45, 2.75) is 30.8 Å². The minimum atomic E-state index is -4.62. The molecule has 0 aliphatic heterocycles. The van der Waals surface area contributed by atoms with Crippen LogP contribution in [0.1, 0.15) is 24.2 Å². The summed E-state index contributed by atoms with van der Waals surface area (Å²) in [6, 6.07) is 5.46. The van der Waals surface area contributed by atoms with Gasteiger partial charge in [0.2, 0.25) is 5.91 Å². The zero-order chi connectivity index (χ0) is 20.4. The fourth-order valence-corrected chi connectivity index (χ4v) is 3.13. The van der Waals surface area contributed by atoms with Gasteiger partial charge in [0, 0.05) is 18.1 Å². The van der Waals surface area contributed by atoms with Crippen LogP contribution in [-0.4, -0.2) is 30.1 Å². The molecular formula is C15H13F3N3NaO5S. The second-order valence-electron chi connectivity index (χ2n) is 5.48. The number of aryl methyl sites for hydroxylation is 1. The molecule has 0 radical (unpaired) electrons. The molecule has 2 rings (SSSR count). The number of carbonyl (C=O) groups excluding carboxylic acids is 2. The van der Waals surface area contributed by atoms with E-state index in [1.165, 1.54) is 19.1 Å². The molecule has 0 atom stereocenters. The fraction of sp³-hybridized carbons (Fsp3) is 0.267. The van der Waals surface area contributed by atoms with Gasteiger partial charge < -0.3 is 9.90 Å². The number of nitrogens with one attached hydrogen (secondary N) is 1. The van der Waals surface area contributed by atoms with Gasteiger partial charge >= 0.3 is 35.7 Å². The van der Waals surface area contributed by atoms with Crippen molar-refractivity contribution >= 4 is 21.9 Å². The third kappa shape index (κ3) is 6.06. The molecule has 1 amide bonds. The van der Waals surface area contributed by atoms with E-state index >= 15 is 0 Å². The maximum Gasteiger partial charge on any atom is 1.00 e. The summed E-state index contributed by atoms with van der Waals surface area (Å²) in [6.45, 7) is 1.41. The Morgan fingerprint density at radius 1 is 1.18 bits per heavy atom. The van der Waals surface area contributed by atoms with Crippen LogP contribution in [0, 0.1) is 6.92 Å². The number of halogens is 3. The molecule has 0 saturated heterocycles. The molecule has 0 spiro atoms. The number of carboxylic acids is 1. The third-order valence-corrected chi connectivity index (χ3v) is 4.76. The fourth-order valence-electron chi connectivity index (χ4n) is 2.12. The van der Waals surface area contributed by atoms with Crippen molar-refractivity contribution in [3.63, 3.8) is 0 Å². The van der Waals surface area contributed by atoms with Crippen molar-refractivity contribution in [3.05, 3.63) is 41.7 Å². The molecule has 1 aromatic heterocycles. The van der Waals surface area contributed by atoms with Crippen LogP contribution in [0.5, 0.6) is 0 Å². The van der Waals surface area contributed by atoms with Gasteiger partial charge in [0.15, 0.2) is 5.69 Å². The SMILES string of the molecule is Cc1cc(C(F)(F)F)nn1-c1ccc(S(=O)(=O)NC(=O)CCC(=O)[O-])cc1.[Na+]. The molecule has 0 aliphatic carbocycles. The zero-order valence-corrected chi connectivity index (χ0v) is 17.6. The monoisotopic (exact) mass is 427 g/mol. The summed E-state index contributed by atoms with van der Waals surface area (Å²) >= 11 is 0. The summed E-state index contributed by atoms with van der Waals surface area (Å²) in [4.78, 5) is 21.4. The molecule has 0 fully saturated rings. The first-order chi connectivity index (χ1) is 12.4. The Morgan fingerprint density at radius 3 is 2.21 bits per heavy atom. The van der Waals surface area contributed by atoms with Crippen LogP contribution in [0.25, 0.3) is 5.69 Å². The molecule has 0 bridgehead atoms. The van der Waals surface area contributed by atoms with E-state index in [1.54, 1.807) is 4.72 Å². The van der Waals surface area contributed by atoms with E-state index in [9.17, 15) is 36.3 Å². The van der Waals surface area contributed by atoms with Crippen LogP contribution in [0.2, 0.25) is 0 Å². The number of aliphatic carboxylic acids is 1. The first kappa shape index (κ1) is 24.1. The first-order valence-electron chi connectivity index (χ1n) is 7.40. The van der Waals surface area contributed by atoms with Gasteiger partial charge in [-0.1, -0.05) is 0 Å². The molecule has 1 aromatic carbocycles. The van der Waals surface area contributed by atoms with Crippen molar-refractivity contribution in [1.29, 1.82) is 0 Å². The molecule has 1 heterocycles. The second kappa shape index (κ2) is 9.07. The minimum absolute atomic E-state index is 0. The van der Waals surface area contributed by atoms with Crippen molar-refractivity contribution in [2.24, 2.45) is 0 Å². The van der Waals surface area contributed by atoms with Crippen LogP contribution in [-0.2, 0) is 25.8 Å². The quantitative estimate of drug-likeness (QED) is 0.511. The largest absolute Gasteiger partial charge is 1.00 e. The Labute approximate surface area is 180 Å². The number of amides is 1. The van der Waals surface area contributed by atoms with Crippen LogP contribution >= 0.6 is 0 Å². The van der Waals surface area contributed by atoms with Gasteiger partial charge in [-0.05, 0) is 43.7 Å². The van der Waals surface area contributed by atoms with Gasteiger partial charge in [0.05, 0.1) is 10.6 Å². The summed E-state index contributed by atoms with van der Waals surface area (Å²) in [5.41, 5.74) is -0.712. The Bertz CT molecular complexity index is 972. The molecule has 28 heavy (non-hydrogen) atoms. The number of alkyl halides is 3. The maximum absolute atomic E-state index is 12.7. The Hall–Kier alpha value is -1.89. The maximum atomic E-state index is 12.7. The van der Waals surface area contributed by atoms with E-state index in [-0.39, 0.29) is 45.8 Å². The van der Waals surface area contributed by atoms with Crippen LogP contribution in [0.4, 0.5) is 13.2 Å². The standard InChI is InChI=1S/C15H14F3N3O5S.Na/c1-9-8-12(15(16,17)18)19-21(9)10-2-4-11(5-3-10)27(25,26)20-13(22)6-7-14(23)24;/h2-5,8H,6-7H2,1H3,(H,20,22)(H,23,24);/q;+1/p-1. The molecule has 0 saturated carbocycles. The number of hydrogen-bond donors (Lipinski definition) is 1. The number of hydrogen-bond acceptors (Lipinski definition) is 6. The predicted molar refractivity (Wildman–Crippen MR) is 82.9 cm³/mol. The molecule has 2 aromatic rings. The van der Waals surface area contributed by atoms with Crippen LogP contribution < -0.4 is 39.4 Å². The van der Waals surface area contributed by atoms with Crippen molar-refractivity contribution < 1.29 is 65.8 Å². The molecule has 0 aliphatic rings. The number of sulfonamides is 1. The Morgan fingerprint density at radius 2 is 1.75 bits per heavy atom. The minimum Gasteiger partial charge on any atom is -0.550 e. The number of carbonyl (C=O) groups is 2. The number of aromatic nitrogens is 2. The summed E-state index contributed by atoms with van der Waals surface area (Å²) in [5.74, 6) is -2.53. The zero-order valence-electron chi connectivity index (χ0n) is 14.8. The average Bonchev–Trinajstić information content (AvgIpc) is 2.95. The van der Waals surface area contributed by atoms with E-state index in [4.69, 9.17) is 0 Å². The van der Waals surface area contributed by atoms with Gasteiger partial charge in [0.1, 0.15) is 0 Å². The summed E-state index contributed by atoms with van der Waals surface area (Å²) in [5, 5.41) is 13.7. The summed E-state index contributed by atoms with van der Waals surface area (Å²) in [7, 11) is -4.26. The number of benzene rings is 1. The molecule has 1 N–H and O–H groups in total. The topological polar surface area (TPSA) is 121 Å². The Kier molecular flexibility index (Phi) is 7.82. The van der Waals surface area contributed by atoms with E-state index in [1.807, 2.05) is 0 Å². The van der Waals surface area contributed by atoms with E-state index in [0.29, 0.717) is 0 Å². The number of carboxylic acid groups (broad SMARTS) is 1.